The molecule has 4 rings (SSSR count). The van der Waals surface area contributed by atoms with E-state index in [0.717, 1.165) is 76.1 Å². The minimum absolute atomic E-state index is 0.00965. The number of hydrogen-bond acceptors (Lipinski definition) is 7. The number of anilines is 1. The van der Waals surface area contributed by atoms with Crippen molar-refractivity contribution in [2.24, 2.45) is 15.9 Å². The second-order valence-electron chi connectivity index (χ2n) is 8.97. The Bertz CT molecular complexity index is 741. The van der Waals surface area contributed by atoms with E-state index in [1.165, 1.54) is 0 Å². The number of nitrogens with two attached hydrogens (primary N) is 1. The van der Waals surface area contributed by atoms with Gasteiger partial charge in [0.2, 0.25) is 0 Å². The summed E-state index contributed by atoms with van der Waals surface area (Å²) in [6, 6.07) is 6.10. The van der Waals surface area contributed by atoms with Gasteiger partial charge in [0.1, 0.15) is 0 Å². The molecule has 156 valence electrons. The van der Waals surface area contributed by atoms with Gasteiger partial charge in [0.15, 0.2) is 0 Å². The standard InChI is InChI=1S/C20H33N4O3P/c1-22-17-4-2-16-3-5-18(14-19(16)28(21,26,15-17)23-25)24-10-6-20(7-11-24)8-12-27-13-9-20/h3,5,14,17,22,26H,2,4,6-13,15,21H2,1H3. The fraction of sp³-hybridized carbons (Fsp3) is 0.700. The zero-order valence-electron chi connectivity index (χ0n) is 16.8. The number of nitroso groups, excluding NO2 is 1. The van der Waals surface area contributed by atoms with E-state index in [-0.39, 0.29) is 12.2 Å². The molecule has 7 nitrogen and oxygen atoms in total. The van der Waals surface area contributed by atoms with Crippen molar-refractivity contribution < 1.29 is 9.63 Å². The molecule has 0 radical (unpaired) electrons. The van der Waals surface area contributed by atoms with Crippen molar-refractivity contribution in [3.8, 4) is 0 Å². The van der Waals surface area contributed by atoms with Crippen LogP contribution in [0.4, 0.5) is 5.69 Å². The van der Waals surface area contributed by atoms with E-state index in [2.05, 4.69) is 21.2 Å². The summed E-state index contributed by atoms with van der Waals surface area (Å²) in [5.41, 5.74) is 8.85. The Morgan fingerprint density at radius 3 is 2.64 bits per heavy atom. The Labute approximate surface area is 167 Å². The van der Waals surface area contributed by atoms with Gasteiger partial charge in [-0.3, -0.25) is 0 Å². The summed E-state index contributed by atoms with van der Waals surface area (Å²) >= 11 is 0. The summed E-state index contributed by atoms with van der Waals surface area (Å²) in [5.74, 6) is 0. The maximum atomic E-state index is 11.9. The van der Waals surface area contributed by atoms with Crippen molar-refractivity contribution in [3.05, 3.63) is 28.7 Å². The molecule has 0 amide bonds. The van der Waals surface area contributed by atoms with Crippen LogP contribution in [0.15, 0.2) is 23.1 Å². The van der Waals surface area contributed by atoms with Crippen LogP contribution in [0.1, 0.15) is 37.7 Å². The Kier molecular flexibility index (Phi) is 5.26. The molecular weight excluding hydrogens is 375 g/mol. The van der Waals surface area contributed by atoms with E-state index in [4.69, 9.17) is 10.2 Å². The average molecular weight is 408 g/mol. The molecule has 0 saturated carbocycles. The Balaban J connectivity index is 1.60. The van der Waals surface area contributed by atoms with Gasteiger partial charge in [-0.2, -0.15) is 0 Å². The Morgan fingerprint density at radius 2 is 2.00 bits per heavy atom. The summed E-state index contributed by atoms with van der Waals surface area (Å²) in [4.78, 5) is 28.8. The number of nitrogens with one attached hydrogen (secondary N) is 1. The van der Waals surface area contributed by atoms with Crippen LogP contribution in [0.5, 0.6) is 0 Å². The van der Waals surface area contributed by atoms with Crippen LogP contribution in [0.25, 0.3) is 0 Å². The van der Waals surface area contributed by atoms with E-state index >= 15 is 0 Å². The van der Waals surface area contributed by atoms with Crippen LogP contribution in [0.2, 0.25) is 0 Å². The van der Waals surface area contributed by atoms with Crippen LogP contribution < -0.4 is 21.0 Å². The van der Waals surface area contributed by atoms with Gasteiger partial charge >= 0.3 is 167 Å². The Morgan fingerprint density at radius 1 is 1.29 bits per heavy atom. The van der Waals surface area contributed by atoms with Gasteiger partial charge in [0.25, 0.3) is 0 Å². The zero-order valence-corrected chi connectivity index (χ0v) is 17.7. The van der Waals surface area contributed by atoms with Gasteiger partial charge in [0.05, 0.1) is 0 Å². The SMILES string of the molecule is CNC1CCc2ccc(N3CCC4(CCOCC4)CC3)cc2P(N)(O)(N=O)C1. The quantitative estimate of drug-likeness (QED) is 0.524. The van der Waals surface area contributed by atoms with Crippen LogP contribution in [0.3, 0.4) is 0 Å². The van der Waals surface area contributed by atoms with Gasteiger partial charge in [-0.15, -0.1) is 0 Å². The molecule has 3 aliphatic rings. The number of aryl methyl sites for hydroxylation is 1. The normalized spacial score (nSPS) is 29.9. The summed E-state index contributed by atoms with van der Waals surface area (Å²) in [6.45, 7) is 3.72. The third-order valence-electron chi connectivity index (χ3n) is 7.27. The van der Waals surface area contributed by atoms with Crippen molar-refractivity contribution in [1.29, 1.82) is 0 Å². The monoisotopic (exact) mass is 408 g/mol. The topological polar surface area (TPSA) is 100 Å². The molecule has 0 bridgehead atoms. The number of fused-ring (bicyclic) bond motifs is 1. The molecule has 1 aromatic carbocycles. The molecule has 3 heterocycles. The predicted octanol–water partition coefficient (Wildman–Crippen LogP) is 2.26. The van der Waals surface area contributed by atoms with Crippen LogP contribution in [0, 0.1) is 10.3 Å². The molecule has 2 fully saturated rings. The molecule has 1 unspecified atom stereocenters. The first-order valence-corrected chi connectivity index (χ1v) is 12.8. The van der Waals surface area contributed by atoms with E-state index in [1.54, 1.807) is 0 Å². The first-order valence-electron chi connectivity index (χ1n) is 10.4. The van der Waals surface area contributed by atoms with Crippen LogP contribution >= 0.6 is 7.13 Å². The first kappa shape index (κ1) is 20.2. The number of ether oxygens (including phenoxy) is 1. The van der Waals surface area contributed by atoms with E-state index < -0.39 is 7.13 Å². The summed E-state index contributed by atoms with van der Waals surface area (Å²) in [5, 5.41) is 3.76. The summed E-state index contributed by atoms with van der Waals surface area (Å²) in [6.07, 6.45) is 6.45. The number of benzene rings is 1. The number of hydrogen-bond donors (Lipinski definition) is 3. The van der Waals surface area contributed by atoms with Crippen LogP contribution in [-0.4, -0.2) is 50.4 Å². The van der Waals surface area contributed by atoms with Crippen molar-refractivity contribution >= 4 is 18.1 Å². The van der Waals surface area contributed by atoms with E-state index in [9.17, 15) is 9.80 Å². The van der Waals surface area contributed by atoms with Gasteiger partial charge in [-0.1, -0.05) is 0 Å². The molecule has 1 spiro atoms. The van der Waals surface area contributed by atoms with Crippen molar-refractivity contribution in [2.75, 3.05) is 44.4 Å². The molecule has 1 aromatic rings. The average Bonchev–Trinajstić information content (AvgIpc) is 2.84. The first-order chi connectivity index (χ1) is 13.4. The number of rotatable bonds is 3. The fourth-order valence-electron chi connectivity index (χ4n) is 5.22. The maximum absolute atomic E-state index is 11.9. The predicted molar refractivity (Wildman–Crippen MR) is 115 cm³/mol. The van der Waals surface area contributed by atoms with E-state index in [0.29, 0.717) is 10.7 Å². The fourth-order valence-corrected chi connectivity index (χ4v) is 8.04. The molecular formula is C20H33N4O3P. The van der Waals surface area contributed by atoms with Crippen molar-refractivity contribution in [3.63, 3.8) is 0 Å². The molecule has 28 heavy (non-hydrogen) atoms. The third kappa shape index (κ3) is 3.59. The van der Waals surface area contributed by atoms with Gasteiger partial charge < -0.3 is 0 Å². The van der Waals surface area contributed by atoms with E-state index in [1.807, 2.05) is 19.2 Å². The van der Waals surface area contributed by atoms with Gasteiger partial charge in [0, 0.05) is 0 Å². The number of nitrogens with zero attached hydrogens (tertiary/aromatic N) is 2. The van der Waals surface area contributed by atoms with Gasteiger partial charge in [-0.05, 0) is 0 Å². The molecule has 3 aliphatic heterocycles. The third-order valence-corrected chi connectivity index (χ3v) is 10.3. The molecule has 0 aliphatic carbocycles. The molecule has 0 aromatic heterocycles. The van der Waals surface area contributed by atoms with Crippen LogP contribution in [-0.2, 0) is 11.2 Å². The Hall–Kier alpha value is -1.11. The second-order valence-corrected chi connectivity index (χ2v) is 12.5. The zero-order chi connectivity index (χ0) is 19.9. The number of piperidine rings is 1. The molecule has 8 heteroatoms. The summed E-state index contributed by atoms with van der Waals surface area (Å²) in [7, 11) is -2.49. The summed E-state index contributed by atoms with van der Waals surface area (Å²) < 4.78 is 5.55. The van der Waals surface area contributed by atoms with Crippen molar-refractivity contribution in [1.82, 2.24) is 5.32 Å². The molecule has 2 saturated heterocycles. The molecule has 1 atom stereocenters. The minimum atomic E-state index is -4.33. The second kappa shape index (κ2) is 7.29. The van der Waals surface area contributed by atoms with Gasteiger partial charge in [-0.25, -0.2) is 0 Å². The molecule has 4 N–H and O–H groups in total. The van der Waals surface area contributed by atoms with Crippen molar-refractivity contribution in [2.45, 2.75) is 44.6 Å².